The maximum Gasteiger partial charge on any atom is 0.222 e. The van der Waals surface area contributed by atoms with Crippen LogP contribution in [0.1, 0.15) is 45.1 Å². The van der Waals surface area contributed by atoms with Gasteiger partial charge in [-0.05, 0) is 57.3 Å². The maximum atomic E-state index is 12.5. The van der Waals surface area contributed by atoms with Crippen molar-refractivity contribution < 1.29 is 4.79 Å². The second kappa shape index (κ2) is 9.70. The predicted octanol–water partition coefficient (Wildman–Crippen LogP) is 3.27. The highest BCUT2D eigenvalue weighted by molar-refractivity contribution is 5.77. The first-order valence-electron chi connectivity index (χ1n) is 10.8. The summed E-state index contributed by atoms with van der Waals surface area (Å²) in [6, 6.07) is 11.8. The van der Waals surface area contributed by atoms with Crippen molar-refractivity contribution in [2.24, 2.45) is 5.92 Å². The van der Waals surface area contributed by atoms with E-state index in [-0.39, 0.29) is 0 Å². The fourth-order valence-electron chi connectivity index (χ4n) is 4.46. The molecule has 0 atom stereocenters. The molecule has 2 saturated heterocycles. The van der Waals surface area contributed by atoms with Gasteiger partial charge < -0.3 is 9.80 Å². The first-order valence-corrected chi connectivity index (χ1v) is 10.8. The van der Waals surface area contributed by atoms with Crippen molar-refractivity contribution in [1.29, 1.82) is 0 Å². The Hall–Kier alpha value is -1.39. The number of carbonyl (C=O) groups excluding carboxylic acids is 1. The Kier molecular flexibility index (Phi) is 7.31. The average molecular weight is 372 g/mol. The van der Waals surface area contributed by atoms with Gasteiger partial charge in [0, 0.05) is 38.1 Å². The number of carbonyl (C=O) groups is 1. The maximum absolute atomic E-state index is 12.5. The van der Waals surface area contributed by atoms with E-state index in [1.165, 1.54) is 31.5 Å². The standard InChI is InChI=1S/C23H37N3O/c1-19(2)16-26(21-12-14-24(3)15-13-21)22-17-25(18-22)23(27)11-7-10-20-8-5-4-6-9-20/h4-6,8-9,19,21-22H,7,10-18H2,1-3H3. The highest BCUT2D eigenvalue weighted by Gasteiger charge is 2.38. The highest BCUT2D eigenvalue weighted by atomic mass is 16.2. The SMILES string of the molecule is CC(C)CN(C1CCN(C)CC1)C1CN(C(=O)CCCc2ccccc2)C1. The summed E-state index contributed by atoms with van der Waals surface area (Å²) in [4.78, 5) is 19.8. The minimum atomic E-state index is 0.343. The number of aryl methyl sites for hydroxylation is 1. The van der Waals surface area contributed by atoms with Crippen LogP contribution in [-0.2, 0) is 11.2 Å². The molecule has 4 nitrogen and oxygen atoms in total. The number of nitrogens with zero attached hydrogens (tertiary/aromatic N) is 3. The predicted molar refractivity (Wildman–Crippen MR) is 112 cm³/mol. The molecule has 0 radical (unpaired) electrons. The molecule has 1 amide bonds. The van der Waals surface area contributed by atoms with Gasteiger partial charge in [-0.1, -0.05) is 44.2 Å². The van der Waals surface area contributed by atoms with Crippen molar-refractivity contribution in [1.82, 2.24) is 14.7 Å². The number of benzene rings is 1. The highest BCUT2D eigenvalue weighted by Crippen LogP contribution is 2.25. The largest absolute Gasteiger partial charge is 0.339 e. The molecule has 1 aromatic carbocycles. The van der Waals surface area contributed by atoms with Gasteiger partial charge in [-0.15, -0.1) is 0 Å². The number of hydrogen-bond donors (Lipinski definition) is 0. The molecule has 1 aromatic rings. The number of likely N-dealkylation sites (tertiary alicyclic amines) is 2. The van der Waals surface area contributed by atoms with Gasteiger partial charge >= 0.3 is 0 Å². The second-order valence-electron chi connectivity index (χ2n) is 8.92. The van der Waals surface area contributed by atoms with Crippen molar-refractivity contribution in [3.63, 3.8) is 0 Å². The number of piperidine rings is 1. The van der Waals surface area contributed by atoms with Crippen molar-refractivity contribution in [2.75, 3.05) is 39.8 Å². The molecule has 0 bridgehead atoms. The normalized spacial score (nSPS) is 19.7. The quantitative estimate of drug-likeness (QED) is 0.702. The van der Waals surface area contributed by atoms with E-state index in [1.54, 1.807) is 0 Å². The van der Waals surface area contributed by atoms with Gasteiger partial charge in [-0.2, -0.15) is 0 Å². The lowest BCUT2D eigenvalue weighted by atomic mass is 9.96. The van der Waals surface area contributed by atoms with E-state index in [0.29, 0.717) is 30.3 Å². The molecule has 0 saturated carbocycles. The summed E-state index contributed by atoms with van der Waals surface area (Å²) in [6.45, 7) is 10.1. The van der Waals surface area contributed by atoms with Gasteiger partial charge in [0.05, 0.1) is 0 Å². The zero-order chi connectivity index (χ0) is 19.2. The van der Waals surface area contributed by atoms with E-state index in [4.69, 9.17) is 0 Å². The van der Waals surface area contributed by atoms with Crippen LogP contribution < -0.4 is 0 Å². The second-order valence-corrected chi connectivity index (χ2v) is 8.92. The Morgan fingerprint density at radius 2 is 1.78 bits per heavy atom. The summed E-state index contributed by atoms with van der Waals surface area (Å²) in [7, 11) is 2.22. The molecule has 150 valence electrons. The molecule has 2 aliphatic heterocycles. The monoisotopic (exact) mass is 371 g/mol. The summed E-state index contributed by atoms with van der Waals surface area (Å²) in [6.07, 6.45) is 5.17. The third-order valence-electron chi connectivity index (χ3n) is 6.12. The van der Waals surface area contributed by atoms with Crippen LogP contribution in [0.25, 0.3) is 0 Å². The Balaban J connectivity index is 1.43. The lowest BCUT2D eigenvalue weighted by Crippen LogP contribution is -2.64. The number of rotatable bonds is 8. The Bertz CT molecular complexity index is 575. The van der Waals surface area contributed by atoms with Crippen LogP contribution in [0, 0.1) is 5.92 Å². The summed E-state index contributed by atoms with van der Waals surface area (Å²) in [5.41, 5.74) is 1.33. The van der Waals surface area contributed by atoms with Crippen LogP contribution in [0.4, 0.5) is 0 Å². The van der Waals surface area contributed by atoms with Crippen LogP contribution >= 0.6 is 0 Å². The molecule has 3 rings (SSSR count). The fraction of sp³-hybridized carbons (Fsp3) is 0.696. The van der Waals surface area contributed by atoms with Gasteiger partial charge in [0.1, 0.15) is 0 Å². The van der Waals surface area contributed by atoms with E-state index in [1.807, 2.05) is 6.07 Å². The molecule has 0 unspecified atom stereocenters. The van der Waals surface area contributed by atoms with Crippen LogP contribution in [-0.4, -0.2) is 72.5 Å². The van der Waals surface area contributed by atoms with Gasteiger partial charge in [0.2, 0.25) is 5.91 Å². The summed E-state index contributed by atoms with van der Waals surface area (Å²) >= 11 is 0. The van der Waals surface area contributed by atoms with Gasteiger partial charge in [-0.3, -0.25) is 9.69 Å². The molecule has 2 heterocycles. The van der Waals surface area contributed by atoms with E-state index in [2.05, 4.69) is 59.9 Å². The number of amides is 1. The molecule has 0 aliphatic carbocycles. The smallest absolute Gasteiger partial charge is 0.222 e. The first kappa shape index (κ1) is 20.3. The first-order chi connectivity index (χ1) is 13.0. The minimum Gasteiger partial charge on any atom is -0.339 e. The van der Waals surface area contributed by atoms with E-state index in [0.717, 1.165) is 32.5 Å². The molecule has 0 aromatic heterocycles. The van der Waals surface area contributed by atoms with E-state index < -0.39 is 0 Å². The summed E-state index contributed by atoms with van der Waals surface area (Å²) in [5, 5.41) is 0. The zero-order valence-corrected chi connectivity index (χ0v) is 17.4. The summed E-state index contributed by atoms with van der Waals surface area (Å²) in [5.74, 6) is 1.02. The molecular weight excluding hydrogens is 334 g/mol. The zero-order valence-electron chi connectivity index (χ0n) is 17.4. The molecule has 2 aliphatic rings. The number of hydrogen-bond acceptors (Lipinski definition) is 3. The van der Waals surface area contributed by atoms with Crippen molar-refractivity contribution >= 4 is 5.91 Å². The minimum absolute atomic E-state index is 0.343. The van der Waals surface area contributed by atoms with Crippen LogP contribution in [0.3, 0.4) is 0 Å². The molecule has 27 heavy (non-hydrogen) atoms. The molecule has 0 spiro atoms. The van der Waals surface area contributed by atoms with Gasteiger partial charge in [0.25, 0.3) is 0 Å². The van der Waals surface area contributed by atoms with Crippen molar-refractivity contribution in [3.8, 4) is 0 Å². The Morgan fingerprint density at radius 3 is 2.41 bits per heavy atom. The van der Waals surface area contributed by atoms with Crippen LogP contribution in [0.15, 0.2) is 30.3 Å². The summed E-state index contributed by atoms with van der Waals surface area (Å²) < 4.78 is 0. The van der Waals surface area contributed by atoms with Crippen LogP contribution in [0.5, 0.6) is 0 Å². The van der Waals surface area contributed by atoms with Gasteiger partial charge in [-0.25, -0.2) is 0 Å². The average Bonchev–Trinajstić information content (AvgIpc) is 2.61. The topological polar surface area (TPSA) is 26.8 Å². The Labute approximate surface area is 165 Å². The fourth-order valence-corrected chi connectivity index (χ4v) is 4.46. The van der Waals surface area contributed by atoms with Crippen molar-refractivity contribution in [2.45, 2.75) is 58.0 Å². The van der Waals surface area contributed by atoms with E-state index >= 15 is 0 Å². The van der Waals surface area contributed by atoms with Gasteiger partial charge in [0.15, 0.2) is 0 Å². The third kappa shape index (κ3) is 5.79. The molecular formula is C23H37N3O. The van der Waals surface area contributed by atoms with Crippen LogP contribution in [0.2, 0.25) is 0 Å². The van der Waals surface area contributed by atoms with Crippen molar-refractivity contribution in [3.05, 3.63) is 35.9 Å². The lowest BCUT2D eigenvalue weighted by Gasteiger charge is -2.50. The van der Waals surface area contributed by atoms with E-state index in [9.17, 15) is 4.79 Å². The Morgan fingerprint density at radius 1 is 1.11 bits per heavy atom. The molecule has 0 N–H and O–H groups in total. The third-order valence-corrected chi connectivity index (χ3v) is 6.12. The molecule has 4 heteroatoms. The lowest BCUT2D eigenvalue weighted by molar-refractivity contribution is -0.140. The molecule has 2 fully saturated rings.